The highest BCUT2D eigenvalue weighted by Crippen LogP contribution is 2.28. The van der Waals surface area contributed by atoms with Gasteiger partial charge in [0.1, 0.15) is 0 Å². The van der Waals surface area contributed by atoms with E-state index in [4.69, 9.17) is 0 Å². The van der Waals surface area contributed by atoms with E-state index in [1.165, 1.54) is 12.1 Å². The van der Waals surface area contributed by atoms with Crippen LogP contribution in [-0.4, -0.2) is 0 Å². The first-order valence-electron chi connectivity index (χ1n) is 5.96. The van der Waals surface area contributed by atoms with Crippen molar-refractivity contribution in [2.75, 3.05) is 0 Å². The molecular formula is C15H14F3N. The topological polar surface area (TPSA) is 12.0 Å². The molecule has 0 fully saturated rings. The molecule has 0 spiro atoms. The Kier molecular flexibility index (Phi) is 4.22. The van der Waals surface area contributed by atoms with Gasteiger partial charge in [-0.25, -0.2) is 0 Å². The molecule has 1 nitrogen and oxygen atoms in total. The zero-order chi connectivity index (χ0) is 13.7. The van der Waals surface area contributed by atoms with Gasteiger partial charge in [0.2, 0.25) is 0 Å². The highest BCUT2D eigenvalue weighted by atomic mass is 19.4. The summed E-state index contributed by atoms with van der Waals surface area (Å²) in [6, 6.07) is 15.1. The van der Waals surface area contributed by atoms with E-state index in [9.17, 15) is 13.2 Å². The number of hydrogen-bond donors (Lipinski definition) is 1. The van der Waals surface area contributed by atoms with Crippen molar-refractivity contribution in [3.8, 4) is 0 Å². The minimum absolute atomic E-state index is 0.549. The molecule has 2 aromatic rings. The molecule has 19 heavy (non-hydrogen) atoms. The first-order chi connectivity index (χ1) is 9.05. The van der Waals surface area contributed by atoms with Crippen molar-refractivity contribution in [2.45, 2.75) is 19.3 Å². The predicted octanol–water partition coefficient (Wildman–Crippen LogP) is 4.00. The first kappa shape index (κ1) is 13.6. The summed E-state index contributed by atoms with van der Waals surface area (Å²) in [6.45, 7) is 1.24. The second-order valence-corrected chi connectivity index (χ2v) is 4.28. The monoisotopic (exact) mass is 265 g/mol. The second-order valence-electron chi connectivity index (χ2n) is 4.28. The average molecular weight is 265 g/mol. The fourth-order valence-electron chi connectivity index (χ4n) is 1.76. The fraction of sp³-hybridized carbons (Fsp3) is 0.200. The lowest BCUT2D eigenvalue weighted by atomic mass is 10.1. The van der Waals surface area contributed by atoms with E-state index in [1.807, 2.05) is 30.3 Å². The van der Waals surface area contributed by atoms with Gasteiger partial charge in [0, 0.05) is 13.1 Å². The number of alkyl halides is 3. The number of hydrogen-bond acceptors (Lipinski definition) is 1. The second kappa shape index (κ2) is 5.89. The van der Waals surface area contributed by atoms with Crippen LogP contribution < -0.4 is 5.32 Å². The van der Waals surface area contributed by atoms with Gasteiger partial charge in [-0.3, -0.25) is 0 Å². The Balaban J connectivity index is 1.87. The third-order valence-electron chi connectivity index (χ3n) is 2.78. The average Bonchev–Trinajstić information content (AvgIpc) is 2.39. The molecule has 0 radical (unpaired) electrons. The lowest BCUT2D eigenvalue weighted by molar-refractivity contribution is -0.137. The summed E-state index contributed by atoms with van der Waals surface area (Å²) >= 11 is 0. The Labute approximate surface area is 110 Å². The zero-order valence-corrected chi connectivity index (χ0v) is 10.2. The van der Waals surface area contributed by atoms with Crippen molar-refractivity contribution >= 4 is 0 Å². The molecule has 2 aromatic carbocycles. The molecule has 0 heterocycles. The van der Waals surface area contributed by atoms with E-state index in [0.29, 0.717) is 13.1 Å². The summed E-state index contributed by atoms with van der Waals surface area (Å²) in [7, 11) is 0. The lowest BCUT2D eigenvalue weighted by Crippen LogP contribution is -2.13. The maximum atomic E-state index is 12.4. The minimum atomic E-state index is -4.27. The molecule has 0 unspecified atom stereocenters. The largest absolute Gasteiger partial charge is 0.416 e. The van der Waals surface area contributed by atoms with Gasteiger partial charge in [-0.1, -0.05) is 42.5 Å². The highest BCUT2D eigenvalue weighted by molar-refractivity contribution is 5.24. The molecule has 4 heteroatoms. The maximum Gasteiger partial charge on any atom is 0.416 e. The van der Waals surface area contributed by atoms with Crippen LogP contribution in [0.1, 0.15) is 16.7 Å². The number of rotatable bonds is 4. The summed E-state index contributed by atoms with van der Waals surface area (Å²) in [5, 5.41) is 3.19. The third kappa shape index (κ3) is 4.10. The van der Waals surface area contributed by atoms with Crippen LogP contribution in [0.25, 0.3) is 0 Å². The number of halogens is 3. The molecule has 0 aliphatic carbocycles. The van der Waals surface area contributed by atoms with Crippen molar-refractivity contribution in [3.63, 3.8) is 0 Å². The Morgan fingerprint density at radius 2 is 1.26 bits per heavy atom. The van der Waals surface area contributed by atoms with Crippen LogP contribution in [0, 0.1) is 0 Å². The van der Waals surface area contributed by atoms with E-state index >= 15 is 0 Å². The van der Waals surface area contributed by atoms with E-state index in [0.717, 1.165) is 23.3 Å². The maximum absolute atomic E-state index is 12.4. The molecular weight excluding hydrogens is 251 g/mol. The van der Waals surface area contributed by atoms with Crippen molar-refractivity contribution in [1.82, 2.24) is 5.32 Å². The van der Waals surface area contributed by atoms with E-state index < -0.39 is 11.7 Å². The quantitative estimate of drug-likeness (QED) is 0.881. The molecule has 0 amide bonds. The zero-order valence-electron chi connectivity index (χ0n) is 10.2. The Morgan fingerprint density at radius 1 is 0.737 bits per heavy atom. The molecule has 0 aliphatic rings. The van der Waals surface area contributed by atoms with Crippen molar-refractivity contribution in [3.05, 3.63) is 71.3 Å². The van der Waals surface area contributed by atoms with Gasteiger partial charge >= 0.3 is 6.18 Å². The molecule has 100 valence electrons. The van der Waals surface area contributed by atoms with Gasteiger partial charge in [-0.15, -0.1) is 0 Å². The van der Waals surface area contributed by atoms with Gasteiger partial charge < -0.3 is 5.32 Å². The van der Waals surface area contributed by atoms with Crippen LogP contribution in [0.5, 0.6) is 0 Å². The van der Waals surface area contributed by atoms with Crippen LogP contribution in [0.15, 0.2) is 54.6 Å². The van der Waals surface area contributed by atoms with Crippen LogP contribution >= 0.6 is 0 Å². The Hall–Kier alpha value is -1.81. The standard InChI is InChI=1S/C15H14F3N/c16-15(17,18)14-8-6-13(7-9-14)11-19-10-12-4-2-1-3-5-12/h1-9,19H,10-11H2. The third-order valence-corrected chi connectivity index (χ3v) is 2.78. The molecule has 1 N–H and O–H groups in total. The van der Waals surface area contributed by atoms with Gasteiger partial charge in [0.25, 0.3) is 0 Å². The predicted molar refractivity (Wildman–Crippen MR) is 68.4 cm³/mol. The van der Waals surface area contributed by atoms with Crippen LogP contribution in [-0.2, 0) is 19.3 Å². The van der Waals surface area contributed by atoms with Gasteiger partial charge in [-0.2, -0.15) is 13.2 Å². The Bertz CT molecular complexity index is 503. The molecule has 0 saturated carbocycles. The van der Waals surface area contributed by atoms with Crippen molar-refractivity contribution in [1.29, 1.82) is 0 Å². The smallest absolute Gasteiger partial charge is 0.309 e. The van der Waals surface area contributed by atoms with E-state index in [1.54, 1.807) is 0 Å². The molecule has 0 atom stereocenters. The highest BCUT2D eigenvalue weighted by Gasteiger charge is 2.29. The van der Waals surface area contributed by atoms with Gasteiger partial charge in [0.15, 0.2) is 0 Å². The summed E-state index contributed by atoms with van der Waals surface area (Å²) in [4.78, 5) is 0. The lowest BCUT2D eigenvalue weighted by Gasteiger charge is -2.08. The summed E-state index contributed by atoms with van der Waals surface area (Å²) in [5.74, 6) is 0. The SMILES string of the molecule is FC(F)(F)c1ccc(CNCc2ccccc2)cc1. The van der Waals surface area contributed by atoms with Crippen LogP contribution in [0.3, 0.4) is 0 Å². The minimum Gasteiger partial charge on any atom is -0.309 e. The van der Waals surface area contributed by atoms with Gasteiger partial charge in [-0.05, 0) is 23.3 Å². The van der Waals surface area contributed by atoms with Crippen molar-refractivity contribution < 1.29 is 13.2 Å². The van der Waals surface area contributed by atoms with Crippen LogP contribution in [0.2, 0.25) is 0 Å². The molecule has 0 aromatic heterocycles. The molecule has 0 bridgehead atoms. The normalized spacial score (nSPS) is 11.5. The first-order valence-corrected chi connectivity index (χ1v) is 5.96. The van der Waals surface area contributed by atoms with Gasteiger partial charge in [0.05, 0.1) is 5.56 Å². The van der Waals surface area contributed by atoms with E-state index in [-0.39, 0.29) is 0 Å². The van der Waals surface area contributed by atoms with Crippen LogP contribution in [0.4, 0.5) is 13.2 Å². The molecule has 0 saturated heterocycles. The summed E-state index contributed by atoms with van der Waals surface area (Å²) in [6.07, 6.45) is -4.27. The fourth-order valence-corrected chi connectivity index (χ4v) is 1.76. The van der Waals surface area contributed by atoms with E-state index in [2.05, 4.69) is 5.32 Å². The number of benzene rings is 2. The number of nitrogens with one attached hydrogen (secondary N) is 1. The summed E-state index contributed by atoms with van der Waals surface area (Å²) in [5.41, 5.74) is 1.37. The Morgan fingerprint density at radius 3 is 1.79 bits per heavy atom. The molecule has 0 aliphatic heterocycles. The summed E-state index contributed by atoms with van der Waals surface area (Å²) < 4.78 is 37.1. The molecule has 2 rings (SSSR count). The van der Waals surface area contributed by atoms with Crippen molar-refractivity contribution in [2.24, 2.45) is 0 Å².